The number of nitrogens with one attached hydrogen (secondary N) is 1. The number of rotatable bonds is 9. The molecule has 0 atom stereocenters. The second kappa shape index (κ2) is 9.08. The molecule has 3 nitrogen and oxygen atoms in total. The van der Waals surface area contributed by atoms with Crippen molar-refractivity contribution in [3.05, 3.63) is 52.8 Å². The Morgan fingerprint density at radius 1 is 1.23 bits per heavy atom. The lowest BCUT2D eigenvalue weighted by Crippen LogP contribution is -2.23. The molecule has 0 radical (unpaired) electrons. The monoisotopic (exact) mass is 373 g/mol. The summed E-state index contributed by atoms with van der Waals surface area (Å²) in [6.07, 6.45) is 9.31. The Kier molecular flexibility index (Phi) is 7.09. The average Bonchev–Trinajstić information content (AvgIpc) is 3.07. The van der Waals surface area contributed by atoms with Gasteiger partial charge in [0.15, 0.2) is 0 Å². The summed E-state index contributed by atoms with van der Waals surface area (Å²) in [7, 11) is 0. The van der Waals surface area contributed by atoms with Crippen molar-refractivity contribution in [2.75, 3.05) is 0 Å². The minimum absolute atomic E-state index is 0.0272. The van der Waals surface area contributed by atoms with Crippen molar-refractivity contribution < 1.29 is 4.39 Å². The molecule has 0 aliphatic rings. The molecule has 0 amide bonds. The van der Waals surface area contributed by atoms with Crippen LogP contribution in [0.4, 0.5) is 4.39 Å². The maximum absolute atomic E-state index is 13.8. The van der Waals surface area contributed by atoms with Crippen LogP contribution in [0.25, 0.3) is 10.4 Å². The number of pyridine rings is 1. The highest BCUT2D eigenvalue weighted by atomic mass is 32.1. The molecule has 0 bridgehead atoms. The van der Waals surface area contributed by atoms with Crippen LogP contribution < -0.4 is 5.73 Å². The zero-order valence-corrected chi connectivity index (χ0v) is 16.6. The quantitative estimate of drug-likeness (QED) is 0.425. The third-order valence-corrected chi connectivity index (χ3v) is 5.44. The van der Waals surface area contributed by atoms with Crippen LogP contribution >= 0.6 is 11.3 Å². The van der Waals surface area contributed by atoms with Gasteiger partial charge in [0.2, 0.25) is 0 Å². The molecule has 0 saturated carbocycles. The molecule has 140 valence electrons. The van der Waals surface area contributed by atoms with Crippen LogP contribution in [0.15, 0.2) is 42.2 Å². The number of allylic oxidation sites excluding steroid dienone is 2. The average molecular weight is 374 g/mol. The number of hydrogen-bond donors (Lipinski definition) is 2. The number of nitrogens with zero attached hydrogens (tertiary/aromatic N) is 1. The van der Waals surface area contributed by atoms with E-state index in [2.05, 4.69) is 24.0 Å². The van der Waals surface area contributed by atoms with Crippen molar-refractivity contribution in [2.45, 2.75) is 58.5 Å². The van der Waals surface area contributed by atoms with Gasteiger partial charge in [0.25, 0.3) is 0 Å². The van der Waals surface area contributed by atoms with Gasteiger partial charge >= 0.3 is 0 Å². The zero-order valence-electron chi connectivity index (χ0n) is 15.8. The van der Waals surface area contributed by atoms with Crippen molar-refractivity contribution in [1.29, 1.82) is 5.41 Å². The summed E-state index contributed by atoms with van der Waals surface area (Å²) in [6, 6.07) is 8.06. The minimum atomic E-state index is -1.64. The molecule has 2 heterocycles. The van der Waals surface area contributed by atoms with Crippen LogP contribution in [0.3, 0.4) is 0 Å². The lowest BCUT2D eigenvalue weighted by atomic mass is 10.1. The Morgan fingerprint density at radius 3 is 2.62 bits per heavy atom. The minimum Gasteiger partial charge on any atom is -0.399 e. The van der Waals surface area contributed by atoms with E-state index in [1.807, 2.05) is 6.07 Å². The number of aromatic nitrogens is 1. The van der Waals surface area contributed by atoms with Crippen molar-refractivity contribution in [1.82, 2.24) is 4.98 Å². The van der Waals surface area contributed by atoms with Crippen molar-refractivity contribution >= 4 is 17.0 Å². The van der Waals surface area contributed by atoms with E-state index < -0.39 is 5.67 Å². The molecule has 3 N–H and O–H groups in total. The smallest absolute Gasteiger partial charge is 0.144 e. The molecule has 0 unspecified atom stereocenters. The highest BCUT2D eigenvalue weighted by molar-refractivity contribution is 7.15. The molecule has 0 fully saturated rings. The van der Waals surface area contributed by atoms with Crippen LogP contribution in [0.5, 0.6) is 0 Å². The molecule has 2 rings (SSSR count). The number of halogens is 1. The first kappa shape index (κ1) is 20.3. The Bertz CT molecular complexity index is 754. The number of thiophene rings is 1. The lowest BCUT2D eigenvalue weighted by molar-refractivity contribution is 0.266. The van der Waals surface area contributed by atoms with E-state index in [1.54, 1.807) is 23.6 Å². The van der Waals surface area contributed by atoms with Gasteiger partial charge in [-0.15, -0.1) is 11.3 Å². The Morgan fingerprint density at radius 2 is 2.00 bits per heavy atom. The summed E-state index contributed by atoms with van der Waals surface area (Å²) in [4.78, 5) is 6.92. The van der Waals surface area contributed by atoms with E-state index >= 15 is 0 Å². The molecule has 0 spiro atoms. The standard InChI is InChI=1S/C21H28FN3S/c1-4-5-6-7-8-16-10-12-19(26-16)15-9-11-18(25-14-15)17(23)13-20(24)21(2,3)22/h9-14,23H,4-8,24H2,1-3H3. The van der Waals surface area contributed by atoms with Gasteiger partial charge in [-0.3, -0.25) is 10.4 Å². The number of alkyl halides is 1. The van der Waals surface area contributed by atoms with Gasteiger partial charge in [-0.2, -0.15) is 0 Å². The van der Waals surface area contributed by atoms with E-state index in [0.29, 0.717) is 5.69 Å². The van der Waals surface area contributed by atoms with Crippen molar-refractivity contribution in [2.24, 2.45) is 5.73 Å². The van der Waals surface area contributed by atoms with Crippen LogP contribution in [0.2, 0.25) is 0 Å². The second-order valence-electron chi connectivity index (χ2n) is 6.99. The summed E-state index contributed by atoms with van der Waals surface area (Å²) in [5.74, 6) is 0. The predicted octanol–water partition coefficient (Wildman–Crippen LogP) is 5.89. The van der Waals surface area contributed by atoms with Gasteiger partial charge in [-0.25, -0.2) is 4.39 Å². The largest absolute Gasteiger partial charge is 0.399 e. The van der Waals surface area contributed by atoms with Gasteiger partial charge < -0.3 is 5.73 Å². The van der Waals surface area contributed by atoms with Crippen LogP contribution in [0.1, 0.15) is 57.0 Å². The Hall–Kier alpha value is -2.01. The molecular weight excluding hydrogens is 345 g/mol. The molecule has 0 saturated heterocycles. The van der Waals surface area contributed by atoms with Crippen LogP contribution in [0, 0.1) is 5.41 Å². The van der Waals surface area contributed by atoms with E-state index in [0.717, 1.165) is 12.0 Å². The number of hydrogen-bond acceptors (Lipinski definition) is 4. The van der Waals surface area contributed by atoms with Gasteiger partial charge in [0.05, 0.1) is 11.4 Å². The topological polar surface area (TPSA) is 62.8 Å². The molecular formula is C21H28FN3S. The molecule has 0 aromatic carbocycles. The molecule has 2 aromatic rings. The summed E-state index contributed by atoms with van der Waals surface area (Å²) in [5, 5.41) is 8.05. The Labute approximate surface area is 159 Å². The normalized spacial score (nSPS) is 12.4. The van der Waals surface area contributed by atoms with E-state index in [9.17, 15) is 4.39 Å². The number of aryl methyl sites for hydroxylation is 1. The third-order valence-electron chi connectivity index (χ3n) is 4.25. The van der Waals surface area contributed by atoms with Crippen molar-refractivity contribution in [3.63, 3.8) is 0 Å². The maximum atomic E-state index is 13.8. The number of unbranched alkanes of at least 4 members (excludes halogenated alkanes) is 3. The fourth-order valence-corrected chi connectivity index (χ4v) is 3.53. The molecule has 5 heteroatoms. The second-order valence-corrected chi connectivity index (χ2v) is 8.16. The highest BCUT2D eigenvalue weighted by Gasteiger charge is 2.19. The first-order valence-corrected chi connectivity index (χ1v) is 9.93. The molecule has 0 aliphatic carbocycles. The fraction of sp³-hybridized carbons (Fsp3) is 0.429. The first-order valence-electron chi connectivity index (χ1n) is 9.12. The van der Waals surface area contributed by atoms with E-state index in [1.165, 1.54) is 55.4 Å². The van der Waals surface area contributed by atoms with E-state index in [4.69, 9.17) is 11.1 Å². The van der Waals surface area contributed by atoms with Crippen LogP contribution in [-0.2, 0) is 6.42 Å². The SMILES string of the molecule is CCCCCCc1ccc(-c2ccc(C(=N)C=C(N)C(C)(C)F)nc2)s1. The molecule has 2 aromatic heterocycles. The van der Waals surface area contributed by atoms with Gasteiger partial charge in [-0.05, 0) is 57.0 Å². The molecule has 0 aliphatic heterocycles. The zero-order chi connectivity index (χ0) is 19.2. The lowest BCUT2D eigenvalue weighted by Gasteiger charge is -2.14. The van der Waals surface area contributed by atoms with Crippen LogP contribution in [-0.4, -0.2) is 16.4 Å². The Balaban J connectivity index is 2.03. The van der Waals surface area contributed by atoms with E-state index in [-0.39, 0.29) is 11.4 Å². The summed E-state index contributed by atoms with van der Waals surface area (Å²) < 4.78 is 13.8. The summed E-state index contributed by atoms with van der Waals surface area (Å²) in [5.41, 5.74) is 5.71. The van der Waals surface area contributed by atoms with Crippen molar-refractivity contribution in [3.8, 4) is 10.4 Å². The predicted molar refractivity (Wildman–Crippen MR) is 110 cm³/mol. The molecule has 26 heavy (non-hydrogen) atoms. The highest BCUT2D eigenvalue weighted by Crippen LogP contribution is 2.29. The summed E-state index contributed by atoms with van der Waals surface area (Å²) >= 11 is 1.80. The van der Waals surface area contributed by atoms with Gasteiger partial charge in [-0.1, -0.05) is 26.2 Å². The maximum Gasteiger partial charge on any atom is 0.144 e. The third kappa shape index (κ3) is 5.77. The summed E-state index contributed by atoms with van der Waals surface area (Å²) in [6.45, 7) is 4.97. The van der Waals surface area contributed by atoms with Gasteiger partial charge in [0, 0.05) is 27.2 Å². The fourth-order valence-electron chi connectivity index (χ4n) is 2.49. The number of nitrogens with two attached hydrogens (primary N) is 1. The van der Waals surface area contributed by atoms with Gasteiger partial charge in [0.1, 0.15) is 5.67 Å². The first-order chi connectivity index (χ1) is 12.3.